The molecule has 0 aliphatic carbocycles. The van der Waals surface area contributed by atoms with E-state index in [2.05, 4.69) is 34.1 Å². The van der Waals surface area contributed by atoms with Crippen molar-refractivity contribution in [2.45, 2.75) is 32.7 Å². The minimum absolute atomic E-state index is 0.130. The Kier molecular flexibility index (Phi) is 4.85. The highest BCUT2D eigenvalue weighted by molar-refractivity contribution is 6.28. The van der Waals surface area contributed by atoms with E-state index in [1.54, 1.807) is 18.5 Å². The van der Waals surface area contributed by atoms with Crippen molar-refractivity contribution in [3.8, 4) is 0 Å². The third kappa shape index (κ3) is 3.41. The maximum absolute atomic E-state index is 10.9. The van der Waals surface area contributed by atoms with Crippen molar-refractivity contribution in [1.29, 1.82) is 0 Å². The average Bonchev–Trinajstić information content (AvgIpc) is 3.00. The molecular formula is C17H18ClN5O2. The number of fused-ring (bicyclic) bond motifs is 1. The van der Waals surface area contributed by atoms with E-state index >= 15 is 0 Å². The van der Waals surface area contributed by atoms with Crippen molar-refractivity contribution in [1.82, 2.24) is 19.5 Å². The number of hydrogen-bond acceptors (Lipinski definition) is 5. The lowest BCUT2D eigenvalue weighted by Gasteiger charge is -2.15. The number of hydrogen-bond donors (Lipinski definition) is 2. The van der Waals surface area contributed by atoms with Crippen LogP contribution >= 0.6 is 11.6 Å². The molecule has 2 heterocycles. The van der Waals surface area contributed by atoms with Gasteiger partial charge < -0.3 is 15.0 Å². The van der Waals surface area contributed by atoms with Crippen LogP contribution in [0.3, 0.4) is 0 Å². The lowest BCUT2D eigenvalue weighted by Crippen LogP contribution is -2.07. The van der Waals surface area contributed by atoms with Crippen molar-refractivity contribution in [3.63, 3.8) is 0 Å². The van der Waals surface area contributed by atoms with Crippen LogP contribution < -0.4 is 5.32 Å². The van der Waals surface area contributed by atoms with Crippen molar-refractivity contribution in [2.24, 2.45) is 0 Å². The van der Waals surface area contributed by atoms with Crippen molar-refractivity contribution in [2.75, 3.05) is 5.32 Å². The van der Waals surface area contributed by atoms with Crippen LogP contribution in [0.5, 0.6) is 0 Å². The van der Waals surface area contributed by atoms with Crippen LogP contribution in [-0.2, 0) is 0 Å². The largest absolute Gasteiger partial charge is 0.478 e. The van der Waals surface area contributed by atoms with E-state index in [4.69, 9.17) is 16.7 Å². The van der Waals surface area contributed by atoms with Gasteiger partial charge in [-0.05, 0) is 48.7 Å². The summed E-state index contributed by atoms with van der Waals surface area (Å²) in [4.78, 5) is 23.9. The van der Waals surface area contributed by atoms with Gasteiger partial charge >= 0.3 is 5.97 Å². The number of carbonyl (C=O) groups is 1. The molecule has 0 spiro atoms. The molecule has 0 fully saturated rings. The van der Waals surface area contributed by atoms with E-state index in [1.807, 2.05) is 4.57 Å². The fourth-order valence-corrected chi connectivity index (χ4v) is 2.92. The van der Waals surface area contributed by atoms with Crippen LogP contribution in [0.15, 0.2) is 30.6 Å². The van der Waals surface area contributed by atoms with Gasteiger partial charge in [0.05, 0.1) is 11.9 Å². The van der Waals surface area contributed by atoms with Crippen LogP contribution in [0.1, 0.15) is 43.1 Å². The molecule has 3 rings (SSSR count). The van der Waals surface area contributed by atoms with Gasteiger partial charge in [-0.2, -0.15) is 9.97 Å². The Morgan fingerprint density at radius 2 is 1.92 bits per heavy atom. The van der Waals surface area contributed by atoms with Gasteiger partial charge in [0.2, 0.25) is 5.28 Å². The molecule has 0 saturated heterocycles. The van der Waals surface area contributed by atoms with E-state index in [9.17, 15) is 4.79 Å². The quantitative estimate of drug-likeness (QED) is 0.638. The molecule has 130 valence electrons. The van der Waals surface area contributed by atoms with Gasteiger partial charge in [0.1, 0.15) is 0 Å². The second-order valence-electron chi connectivity index (χ2n) is 5.64. The minimum Gasteiger partial charge on any atom is -0.478 e. The van der Waals surface area contributed by atoms with Crippen LogP contribution in [0.2, 0.25) is 5.28 Å². The molecule has 0 saturated carbocycles. The first kappa shape index (κ1) is 17.2. The fraction of sp³-hybridized carbons (Fsp3) is 0.294. The number of aromatic nitrogens is 4. The van der Waals surface area contributed by atoms with Gasteiger partial charge in [0.15, 0.2) is 17.0 Å². The van der Waals surface area contributed by atoms with Gasteiger partial charge in [0.25, 0.3) is 0 Å². The van der Waals surface area contributed by atoms with E-state index in [-0.39, 0.29) is 10.8 Å². The molecule has 0 unspecified atom stereocenters. The minimum atomic E-state index is -0.970. The van der Waals surface area contributed by atoms with Gasteiger partial charge in [-0.25, -0.2) is 9.78 Å². The number of imidazole rings is 1. The Labute approximate surface area is 149 Å². The van der Waals surface area contributed by atoms with Gasteiger partial charge in [-0.15, -0.1) is 0 Å². The van der Waals surface area contributed by atoms with E-state index in [0.29, 0.717) is 28.7 Å². The summed E-state index contributed by atoms with van der Waals surface area (Å²) in [5.74, 6) is -0.481. The Balaban J connectivity index is 2.00. The predicted molar refractivity (Wildman–Crippen MR) is 96.6 cm³/mol. The topological polar surface area (TPSA) is 92.9 Å². The first-order chi connectivity index (χ1) is 12.0. The summed E-state index contributed by atoms with van der Waals surface area (Å²) in [6, 6.07) is 6.67. The maximum Gasteiger partial charge on any atom is 0.335 e. The first-order valence-electron chi connectivity index (χ1n) is 8.04. The number of carboxylic acids is 1. The molecule has 1 aromatic carbocycles. The molecule has 0 aliphatic rings. The smallest absolute Gasteiger partial charge is 0.335 e. The number of halogens is 1. The number of benzene rings is 1. The standard InChI is InChI=1S/C17H18ClN5O2/c1-3-12(4-2)23-9-19-13-14(21-17(18)22-15(13)23)20-11-7-5-10(6-8-11)16(24)25/h5-9,12H,3-4H2,1-2H3,(H,24,25)(H,20,21,22). The van der Waals surface area contributed by atoms with Gasteiger partial charge in [-0.3, -0.25) is 0 Å². The zero-order valence-electron chi connectivity index (χ0n) is 13.9. The Hall–Kier alpha value is -2.67. The number of rotatable bonds is 6. The summed E-state index contributed by atoms with van der Waals surface area (Å²) in [6.07, 6.45) is 3.68. The Morgan fingerprint density at radius 1 is 1.24 bits per heavy atom. The molecule has 0 atom stereocenters. The zero-order chi connectivity index (χ0) is 18.0. The van der Waals surface area contributed by atoms with Crippen LogP contribution in [-0.4, -0.2) is 30.6 Å². The number of nitrogens with zero attached hydrogens (tertiary/aromatic N) is 4. The Bertz CT molecular complexity index is 903. The SMILES string of the molecule is CCC(CC)n1cnc2c(Nc3ccc(C(=O)O)cc3)nc(Cl)nc21. The second-order valence-corrected chi connectivity index (χ2v) is 5.98. The highest BCUT2D eigenvalue weighted by atomic mass is 35.5. The third-order valence-electron chi connectivity index (χ3n) is 4.12. The molecule has 0 radical (unpaired) electrons. The lowest BCUT2D eigenvalue weighted by atomic mass is 10.2. The maximum atomic E-state index is 10.9. The van der Waals surface area contributed by atoms with Crippen LogP contribution in [0.25, 0.3) is 11.2 Å². The first-order valence-corrected chi connectivity index (χ1v) is 8.41. The predicted octanol–water partition coefficient (Wildman–Crippen LogP) is 4.28. The summed E-state index contributed by atoms with van der Waals surface area (Å²) in [6.45, 7) is 4.23. The number of carboxylic acid groups (broad SMARTS) is 1. The molecule has 8 heteroatoms. The van der Waals surface area contributed by atoms with Gasteiger partial charge in [0, 0.05) is 11.7 Å². The monoisotopic (exact) mass is 359 g/mol. The molecule has 3 aromatic rings. The van der Waals surface area contributed by atoms with Crippen LogP contribution in [0, 0.1) is 0 Å². The fourth-order valence-electron chi connectivity index (χ4n) is 2.76. The van der Waals surface area contributed by atoms with Crippen molar-refractivity contribution < 1.29 is 9.90 Å². The molecule has 7 nitrogen and oxygen atoms in total. The lowest BCUT2D eigenvalue weighted by molar-refractivity contribution is 0.0697. The second kappa shape index (κ2) is 7.06. The summed E-state index contributed by atoms with van der Waals surface area (Å²) in [7, 11) is 0. The molecule has 25 heavy (non-hydrogen) atoms. The van der Waals surface area contributed by atoms with Gasteiger partial charge in [-0.1, -0.05) is 13.8 Å². The Morgan fingerprint density at radius 3 is 2.52 bits per heavy atom. The van der Waals surface area contributed by atoms with E-state index in [0.717, 1.165) is 12.8 Å². The summed E-state index contributed by atoms with van der Waals surface area (Å²) in [5, 5.41) is 12.2. The highest BCUT2D eigenvalue weighted by Gasteiger charge is 2.16. The summed E-state index contributed by atoms with van der Waals surface area (Å²) < 4.78 is 2.02. The third-order valence-corrected chi connectivity index (χ3v) is 4.29. The average molecular weight is 360 g/mol. The molecular weight excluding hydrogens is 342 g/mol. The van der Waals surface area contributed by atoms with Crippen LogP contribution in [0.4, 0.5) is 11.5 Å². The highest BCUT2D eigenvalue weighted by Crippen LogP contribution is 2.28. The number of anilines is 2. The number of nitrogens with one attached hydrogen (secondary N) is 1. The summed E-state index contributed by atoms with van der Waals surface area (Å²) in [5.41, 5.74) is 2.21. The number of aromatic carboxylic acids is 1. The molecule has 0 bridgehead atoms. The normalized spacial score (nSPS) is 11.2. The molecule has 0 aliphatic heterocycles. The van der Waals surface area contributed by atoms with Crippen molar-refractivity contribution >= 4 is 40.2 Å². The molecule has 0 amide bonds. The van der Waals surface area contributed by atoms with E-state index < -0.39 is 5.97 Å². The van der Waals surface area contributed by atoms with Crippen molar-refractivity contribution in [3.05, 3.63) is 41.4 Å². The molecule has 2 aromatic heterocycles. The summed E-state index contributed by atoms with van der Waals surface area (Å²) >= 11 is 6.10. The zero-order valence-corrected chi connectivity index (χ0v) is 14.7. The van der Waals surface area contributed by atoms with E-state index in [1.165, 1.54) is 12.1 Å². The molecule has 2 N–H and O–H groups in total.